The largest absolute Gasteiger partial charge is 0.392 e. The second-order valence-electron chi connectivity index (χ2n) is 8.06. The van der Waals surface area contributed by atoms with Gasteiger partial charge in [0.05, 0.1) is 36.6 Å². The molecule has 2 aliphatic heterocycles. The fourth-order valence-corrected chi connectivity index (χ4v) is 6.20. The van der Waals surface area contributed by atoms with Gasteiger partial charge in [0.1, 0.15) is 0 Å². The first-order valence-electron chi connectivity index (χ1n) is 9.15. The molecule has 3 atom stereocenters. The van der Waals surface area contributed by atoms with Gasteiger partial charge in [0.2, 0.25) is 10.0 Å². The summed E-state index contributed by atoms with van der Waals surface area (Å²) in [6.45, 7) is 1.03. The fourth-order valence-electron chi connectivity index (χ4n) is 5.35. The molecule has 1 aliphatic carbocycles. The van der Waals surface area contributed by atoms with E-state index in [0.29, 0.717) is 13.1 Å². The van der Waals surface area contributed by atoms with Crippen molar-refractivity contribution in [2.24, 2.45) is 11.3 Å². The highest BCUT2D eigenvalue weighted by Gasteiger charge is 2.58. The smallest absolute Gasteiger partial charge is 0.211 e. The zero-order valence-electron chi connectivity index (χ0n) is 14.7. The molecule has 1 aromatic carbocycles. The third kappa shape index (κ3) is 2.17. The highest BCUT2D eigenvalue weighted by atomic mass is 32.2. The van der Waals surface area contributed by atoms with Gasteiger partial charge in [-0.1, -0.05) is 24.3 Å². The van der Waals surface area contributed by atoms with Crippen LogP contribution in [0.1, 0.15) is 30.9 Å². The summed E-state index contributed by atoms with van der Waals surface area (Å²) in [6, 6.07) is 8.48. The maximum absolute atomic E-state index is 11.8. The highest BCUT2D eigenvalue weighted by Crippen LogP contribution is 2.59. The Morgan fingerprint density at radius 2 is 1.96 bits per heavy atom. The summed E-state index contributed by atoms with van der Waals surface area (Å²) < 4.78 is 27.2. The molecule has 3 aliphatic rings. The van der Waals surface area contributed by atoms with Crippen molar-refractivity contribution in [3.05, 3.63) is 42.4 Å². The van der Waals surface area contributed by atoms with E-state index in [-0.39, 0.29) is 17.4 Å². The molecule has 5 rings (SSSR count). The van der Waals surface area contributed by atoms with Crippen molar-refractivity contribution < 1.29 is 13.5 Å². The molecule has 0 bridgehead atoms. The van der Waals surface area contributed by atoms with E-state index < -0.39 is 16.1 Å². The molecular formula is C19H23N3O3S. The minimum atomic E-state index is -3.14. The second-order valence-corrected chi connectivity index (χ2v) is 10.0. The number of hydrogen-bond acceptors (Lipinski definition) is 4. The van der Waals surface area contributed by atoms with Crippen LogP contribution < -0.4 is 0 Å². The van der Waals surface area contributed by atoms with Crippen molar-refractivity contribution >= 4 is 10.0 Å². The van der Waals surface area contributed by atoms with Crippen molar-refractivity contribution in [2.45, 2.75) is 31.4 Å². The van der Waals surface area contributed by atoms with Crippen LogP contribution in [0.2, 0.25) is 0 Å². The lowest BCUT2D eigenvalue weighted by Crippen LogP contribution is -2.59. The molecule has 26 heavy (non-hydrogen) atoms. The number of rotatable bonds is 2. The van der Waals surface area contributed by atoms with Crippen LogP contribution in [0, 0.1) is 11.3 Å². The molecule has 3 heterocycles. The Bertz CT molecular complexity index is 960. The number of sulfonamides is 1. The van der Waals surface area contributed by atoms with Crippen molar-refractivity contribution in [2.75, 3.05) is 19.3 Å². The normalized spacial score (nSPS) is 30.0. The lowest BCUT2D eigenvalue weighted by atomic mass is 9.53. The summed E-state index contributed by atoms with van der Waals surface area (Å²) in [5.74, 6) is 0.149. The summed E-state index contributed by atoms with van der Waals surface area (Å²) in [7, 11) is -3.14. The van der Waals surface area contributed by atoms with Gasteiger partial charge in [-0.25, -0.2) is 17.7 Å². The molecule has 0 amide bonds. The van der Waals surface area contributed by atoms with Crippen LogP contribution in [0.4, 0.5) is 0 Å². The standard InChI is InChI=1S/C19H23N3O3S/c1-26(24,25)21-8-6-19(7-9-21)10-15(18(19)23)17-14-5-3-2-4-13(14)16-11-20-12-22(16)17/h2-5,11-12,15,17-18,23H,6-10H2,1H3/t15-,17-,18-/m1/s1. The molecule has 1 N–H and O–H groups in total. The fraction of sp³-hybridized carbons (Fsp3) is 0.526. The van der Waals surface area contributed by atoms with Gasteiger partial charge in [-0.15, -0.1) is 0 Å². The van der Waals surface area contributed by atoms with E-state index in [1.54, 1.807) is 0 Å². The van der Waals surface area contributed by atoms with Crippen LogP contribution in [0.3, 0.4) is 0 Å². The molecule has 138 valence electrons. The number of aliphatic hydroxyl groups is 1. The van der Waals surface area contributed by atoms with Gasteiger partial charge in [0, 0.05) is 24.6 Å². The summed E-state index contributed by atoms with van der Waals surface area (Å²) in [5, 5.41) is 11.1. The third-order valence-electron chi connectivity index (χ3n) is 6.79. The Labute approximate surface area is 153 Å². The van der Waals surface area contributed by atoms with Crippen LogP contribution in [0.15, 0.2) is 36.8 Å². The number of imidazole rings is 1. The monoisotopic (exact) mass is 373 g/mol. The Balaban J connectivity index is 1.40. The first kappa shape index (κ1) is 16.5. The van der Waals surface area contributed by atoms with Gasteiger partial charge in [0.25, 0.3) is 0 Å². The van der Waals surface area contributed by atoms with E-state index in [9.17, 15) is 13.5 Å². The third-order valence-corrected chi connectivity index (χ3v) is 8.09. The highest BCUT2D eigenvalue weighted by molar-refractivity contribution is 7.88. The molecule has 2 aromatic rings. The molecule has 1 aromatic heterocycles. The van der Waals surface area contributed by atoms with Crippen molar-refractivity contribution in [1.82, 2.24) is 13.9 Å². The van der Waals surface area contributed by atoms with Crippen LogP contribution >= 0.6 is 0 Å². The molecule has 0 radical (unpaired) electrons. The van der Waals surface area contributed by atoms with Gasteiger partial charge >= 0.3 is 0 Å². The van der Waals surface area contributed by atoms with E-state index >= 15 is 0 Å². The molecule has 1 saturated carbocycles. The quantitative estimate of drug-likeness (QED) is 0.872. The number of hydrogen-bond donors (Lipinski definition) is 1. The minimum Gasteiger partial charge on any atom is -0.392 e. The van der Waals surface area contributed by atoms with Gasteiger partial charge in [-0.05, 0) is 30.2 Å². The van der Waals surface area contributed by atoms with Crippen LogP contribution in [0.25, 0.3) is 11.3 Å². The Morgan fingerprint density at radius 1 is 1.23 bits per heavy atom. The number of fused-ring (bicyclic) bond motifs is 3. The lowest BCUT2D eigenvalue weighted by molar-refractivity contribution is -0.152. The van der Waals surface area contributed by atoms with Gasteiger partial charge in [-0.2, -0.15) is 0 Å². The Kier molecular flexibility index (Phi) is 3.42. The second kappa shape index (κ2) is 5.41. The van der Waals surface area contributed by atoms with E-state index in [1.807, 2.05) is 18.6 Å². The van der Waals surface area contributed by atoms with E-state index in [2.05, 4.69) is 27.8 Å². The number of benzene rings is 1. The lowest BCUT2D eigenvalue weighted by Gasteiger charge is -2.57. The van der Waals surface area contributed by atoms with Crippen LogP contribution in [0.5, 0.6) is 0 Å². The number of nitrogens with zero attached hydrogens (tertiary/aromatic N) is 3. The SMILES string of the molecule is CS(=O)(=O)N1CCC2(CC1)C[C@H]([C@H]1c3ccccc3-c3cncn31)[C@H]2O. The van der Waals surface area contributed by atoms with Gasteiger partial charge in [-0.3, -0.25) is 0 Å². The number of piperidine rings is 1. The molecule has 2 fully saturated rings. The van der Waals surface area contributed by atoms with E-state index in [4.69, 9.17) is 0 Å². The minimum absolute atomic E-state index is 0.122. The summed E-state index contributed by atoms with van der Waals surface area (Å²) in [5.41, 5.74) is 3.45. The summed E-state index contributed by atoms with van der Waals surface area (Å²) >= 11 is 0. The van der Waals surface area contributed by atoms with Crippen molar-refractivity contribution in [3.8, 4) is 11.3 Å². The number of aliphatic hydroxyl groups excluding tert-OH is 1. The van der Waals surface area contributed by atoms with Crippen molar-refractivity contribution in [3.63, 3.8) is 0 Å². The molecule has 0 unspecified atom stereocenters. The van der Waals surface area contributed by atoms with Crippen LogP contribution in [-0.2, 0) is 10.0 Å². The van der Waals surface area contributed by atoms with Gasteiger partial charge in [0.15, 0.2) is 0 Å². The first-order valence-corrected chi connectivity index (χ1v) is 11.0. The van der Waals surface area contributed by atoms with E-state index in [1.165, 1.54) is 21.7 Å². The summed E-state index contributed by atoms with van der Waals surface area (Å²) in [4.78, 5) is 4.31. The predicted molar refractivity (Wildman–Crippen MR) is 98.0 cm³/mol. The van der Waals surface area contributed by atoms with Crippen LogP contribution in [-0.4, -0.2) is 52.8 Å². The average Bonchev–Trinajstić information content (AvgIpc) is 3.20. The zero-order chi connectivity index (χ0) is 18.1. The molecule has 1 spiro atoms. The molecule has 7 heteroatoms. The van der Waals surface area contributed by atoms with Crippen molar-refractivity contribution in [1.29, 1.82) is 0 Å². The topological polar surface area (TPSA) is 75.4 Å². The zero-order valence-corrected chi connectivity index (χ0v) is 15.6. The molecule has 1 saturated heterocycles. The Hall–Kier alpha value is -1.70. The predicted octanol–water partition coefficient (Wildman–Crippen LogP) is 1.88. The average molecular weight is 373 g/mol. The number of aromatic nitrogens is 2. The molecule has 6 nitrogen and oxygen atoms in total. The first-order chi connectivity index (χ1) is 12.4. The Morgan fingerprint density at radius 3 is 2.65 bits per heavy atom. The van der Waals surface area contributed by atoms with Gasteiger partial charge < -0.3 is 9.67 Å². The van der Waals surface area contributed by atoms with E-state index in [0.717, 1.165) is 25.0 Å². The maximum atomic E-state index is 11.8. The molecular weight excluding hydrogens is 350 g/mol. The maximum Gasteiger partial charge on any atom is 0.211 e. The summed E-state index contributed by atoms with van der Waals surface area (Å²) in [6.07, 6.45) is 7.03.